The van der Waals surface area contributed by atoms with Gasteiger partial charge in [-0.2, -0.15) is 0 Å². The molecule has 1 fully saturated rings. The largest absolute Gasteiger partial charge is 0.394 e. The number of aliphatic hydroxyl groups excluding tert-OH is 1. The van der Waals surface area contributed by atoms with Gasteiger partial charge in [-0.3, -0.25) is 0 Å². The zero-order valence-corrected chi connectivity index (χ0v) is 12.0. The van der Waals surface area contributed by atoms with E-state index in [9.17, 15) is 5.11 Å². The SMILES string of the molecule is CC(C)CN(C)CCCC(C)(CO)NC1CC1. The third kappa shape index (κ3) is 6.39. The lowest BCUT2D eigenvalue weighted by Gasteiger charge is -2.30. The van der Waals surface area contributed by atoms with E-state index >= 15 is 0 Å². The third-order valence-electron chi connectivity index (χ3n) is 3.42. The molecule has 1 aliphatic carbocycles. The minimum Gasteiger partial charge on any atom is -0.394 e. The second kappa shape index (κ2) is 6.72. The van der Waals surface area contributed by atoms with E-state index in [2.05, 4.69) is 38.0 Å². The van der Waals surface area contributed by atoms with Crippen molar-refractivity contribution in [3.8, 4) is 0 Å². The van der Waals surface area contributed by atoms with E-state index < -0.39 is 0 Å². The molecule has 1 saturated carbocycles. The Hall–Kier alpha value is -0.120. The molecule has 0 bridgehead atoms. The van der Waals surface area contributed by atoms with Crippen molar-refractivity contribution in [2.24, 2.45) is 5.92 Å². The molecule has 0 aromatic carbocycles. The van der Waals surface area contributed by atoms with Crippen molar-refractivity contribution >= 4 is 0 Å². The van der Waals surface area contributed by atoms with Gasteiger partial charge in [-0.1, -0.05) is 13.8 Å². The molecule has 1 atom stereocenters. The second-order valence-corrected chi connectivity index (χ2v) is 6.40. The first-order chi connectivity index (χ1) is 7.95. The van der Waals surface area contributed by atoms with Gasteiger partial charge in [0, 0.05) is 18.1 Å². The van der Waals surface area contributed by atoms with Crippen molar-refractivity contribution in [1.29, 1.82) is 0 Å². The predicted octanol–water partition coefficient (Wildman–Crippen LogP) is 1.86. The van der Waals surface area contributed by atoms with Gasteiger partial charge in [0.2, 0.25) is 0 Å². The molecule has 0 aromatic rings. The first kappa shape index (κ1) is 14.9. The van der Waals surface area contributed by atoms with Gasteiger partial charge in [-0.15, -0.1) is 0 Å². The van der Waals surface area contributed by atoms with Gasteiger partial charge in [0.1, 0.15) is 0 Å². The normalized spacial score (nSPS) is 19.9. The Balaban J connectivity index is 2.17. The first-order valence-electron chi connectivity index (χ1n) is 7.02. The molecule has 0 saturated heterocycles. The van der Waals surface area contributed by atoms with E-state index in [1.54, 1.807) is 0 Å². The molecule has 17 heavy (non-hydrogen) atoms. The molecule has 0 aliphatic heterocycles. The van der Waals surface area contributed by atoms with E-state index in [0.29, 0.717) is 6.04 Å². The molecule has 3 nitrogen and oxygen atoms in total. The van der Waals surface area contributed by atoms with Crippen molar-refractivity contribution < 1.29 is 5.11 Å². The predicted molar refractivity (Wildman–Crippen MR) is 73.2 cm³/mol. The van der Waals surface area contributed by atoms with Crippen LogP contribution in [0.15, 0.2) is 0 Å². The second-order valence-electron chi connectivity index (χ2n) is 6.40. The summed E-state index contributed by atoms with van der Waals surface area (Å²) in [6.45, 7) is 9.18. The molecule has 2 N–H and O–H groups in total. The van der Waals surface area contributed by atoms with Gasteiger partial charge in [-0.05, 0) is 52.1 Å². The van der Waals surface area contributed by atoms with Crippen molar-refractivity contribution in [2.45, 2.75) is 58.0 Å². The zero-order chi connectivity index (χ0) is 12.9. The molecule has 1 unspecified atom stereocenters. The minimum absolute atomic E-state index is 0.0696. The quantitative estimate of drug-likeness (QED) is 0.648. The molecule has 0 amide bonds. The molecule has 1 rings (SSSR count). The van der Waals surface area contributed by atoms with Crippen LogP contribution in [-0.2, 0) is 0 Å². The average molecular weight is 242 g/mol. The lowest BCUT2D eigenvalue weighted by molar-refractivity contribution is 0.156. The van der Waals surface area contributed by atoms with E-state index in [1.165, 1.54) is 12.8 Å². The Morgan fingerprint density at radius 1 is 1.41 bits per heavy atom. The summed E-state index contributed by atoms with van der Waals surface area (Å²) in [5.41, 5.74) is -0.0696. The van der Waals surface area contributed by atoms with Crippen LogP contribution < -0.4 is 5.32 Å². The summed E-state index contributed by atoms with van der Waals surface area (Å²) in [7, 11) is 2.19. The Morgan fingerprint density at radius 2 is 2.06 bits per heavy atom. The van der Waals surface area contributed by atoms with Crippen LogP contribution >= 0.6 is 0 Å². The average Bonchev–Trinajstić information content (AvgIpc) is 3.00. The summed E-state index contributed by atoms with van der Waals surface area (Å²) in [5.74, 6) is 0.730. The topological polar surface area (TPSA) is 35.5 Å². The number of nitrogens with zero attached hydrogens (tertiary/aromatic N) is 1. The van der Waals surface area contributed by atoms with Crippen molar-refractivity contribution in [3.05, 3.63) is 0 Å². The van der Waals surface area contributed by atoms with Gasteiger partial charge in [0.25, 0.3) is 0 Å². The Bertz CT molecular complexity index is 216. The zero-order valence-electron chi connectivity index (χ0n) is 12.0. The van der Waals surface area contributed by atoms with Gasteiger partial charge < -0.3 is 15.3 Å². The molecule has 102 valence electrons. The molecule has 0 aromatic heterocycles. The van der Waals surface area contributed by atoms with Crippen LogP contribution in [0.1, 0.15) is 46.5 Å². The molecular formula is C14H30N2O. The van der Waals surface area contributed by atoms with Gasteiger partial charge >= 0.3 is 0 Å². The lowest BCUT2D eigenvalue weighted by atomic mass is 9.96. The van der Waals surface area contributed by atoms with Crippen LogP contribution in [0.5, 0.6) is 0 Å². The number of hydrogen-bond donors (Lipinski definition) is 2. The highest BCUT2D eigenvalue weighted by Crippen LogP contribution is 2.24. The van der Waals surface area contributed by atoms with E-state index in [0.717, 1.165) is 31.8 Å². The first-order valence-corrected chi connectivity index (χ1v) is 7.02. The summed E-state index contributed by atoms with van der Waals surface area (Å²) < 4.78 is 0. The maximum Gasteiger partial charge on any atom is 0.0610 e. The monoisotopic (exact) mass is 242 g/mol. The smallest absolute Gasteiger partial charge is 0.0610 e. The summed E-state index contributed by atoms with van der Waals surface area (Å²) in [4.78, 5) is 2.39. The van der Waals surface area contributed by atoms with Crippen molar-refractivity contribution in [1.82, 2.24) is 10.2 Å². The summed E-state index contributed by atoms with van der Waals surface area (Å²) in [6.07, 6.45) is 4.77. The number of rotatable bonds is 9. The van der Waals surface area contributed by atoms with Crippen LogP contribution in [0.25, 0.3) is 0 Å². The fraction of sp³-hybridized carbons (Fsp3) is 1.00. The molecule has 0 radical (unpaired) electrons. The fourth-order valence-corrected chi connectivity index (χ4v) is 2.37. The van der Waals surface area contributed by atoms with Crippen molar-refractivity contribution in [3.63, 3.8) is 0 Å². The number of hydrogen-bond acceptors (Lipinski definition) is 3. The Labute approximate surface area is 107 Å². The van der Waals surface area contributed by atoms with E-state index in [-0.39, 0.29) is 12.1 Å². The van der Waals surface area contributed by atoms with Crippen LogP contribution in [0.2, 0.25) is 0 Å². The van der Waals surface area contributed by atoms with Crippen LogP contribution in [0, 0.1) is 5.92 Å². The Morgan fingerprint density at radius 3 is 2.53 bits per heavy atom. The third-order valence-corrected chi connectivity index (χ3v) is 3.42. The van der Waals surface area contributed by atoms with Crippen molar-refractivity contribution in [2.75, 3.05) is 26.7 Å². The summed E-state index contributed by atoms with van der Waals surface area (Å²) in [5, 5.41) is 13.1. The highest BCUT2D eigenvalue weighted by atomic mass is 16.3. The Kier molecular flexibility index (Phi) is 5.90. The van der Waals surface area contributed by atoms with Crippen LogP contribution in [-0.4, -0.2) is 48.3 Å². The lowest BCUT2D eigenvalue weighted by Crippen LogP contribution is -2.47. The number of nitrogens with one attached hydrogen (secondary N) is 1. The summed E-state index contributed by atoms with van der Waals surface area (Å²) in [6, 6.07) is 0.667. The van der Waals surface area contributed by atoms with Gasteiger partial charge in [0.05, 0.1) is 6.61 Å². The fourth-order valence-electron chi connectivity index (χ4n) is 2.37. The maximum absolute atomic E-state index is 9.50. The highest BCUT2D eigenvalue weighted by Gasteiger charge is 2.31. The minimum atomic E-state index is -0.0696. The number of aliphatic hydroxyl groups is 1. The molecule has 3 heteroatoms. The molecule has 0 spiro atoms. The van der Waals surface area contributed by atoms with Crippen LogP contribution in [0.4, 0.5) is 0 Å². The van der Waals surface area contributed by atoms with E-state index in [4.69, 9.17) is 0 Å². The van der Waals surface area contributed by atoms with E-state index in [1.807, 2.05) is 0 Å². The summed E-state index contributed by atoms with van der Waals surface area (Å²) >= 11 is 0. The molecule has 0 heterocycles. The maximum atomic E-state index is 9.50. The molecular weight excluding hydrogens is 212 g/mol. The van der Waals surface area contributed by atoms with Gasteiger partial charge in [0.15, 0.2) is 0 Å². The van der Waals surface area contributed by atoms with Gasteiger partial charge in [-0.25, -0.2) is 0 Å². The standard InChI is InChI=1S/C14H30N2O/c1-12(2)10-16(4)9-5-8-14(3,11-17)15-13-6-7-13/h12-13,15,17H,5-11H2,1-4H3. The highest BCUT2D eigenvalue weighted by molar-refractivity contribution is 4.92. The molecule has 1 aliphatic rings. The van der Waals surface area contributed by atoms with Crippen LogP contribution in [0.3, 0.4) is 0 Å².